The van der Waals surface area contributed by atoms with Crippen LogP contribution in [0.4, 0.5) is 0 Å². The van der Waals surface area contributed by atoms with Gasteiger partial charge in [-0.25, -0.2) is 0 Å². The van der Waals surface area contributed by atoms with E-state index in [4.69, 9.17) is 14.2 Å². The van der Waals surface area contributed by atoms with E-state index < -0.39 is 6.29 Å². The van der Waals surface area contributed by atoms with Gasteiger partial charge in [0.2, 0.25) is 0 Å². The van der Waals surface area contributed by atoms with E-state index in [0.717, 1.165) is 77.3 Å². The third-order valence-corrected chi connectivity index (χ3v) is 9.74. The summed E-state index contributed by atoms with van der Waals surface area (Å²) < 4.78 is 16.9. The summed E-state index contributed by atoms with van der Waals surface area (Å²) in [6.07, 6.45) is 43.9. The fourth-order valence-corrected chi connectivity index (χ4v) is 6.04. The number of rotatable bonds is 40. The highest BCUT2D eigenvalue weighted by molar-refractivity contribution is 5.70. The van der Waals surface area contributed by atoms with E-state index in [1.807, 2.05) is 0 Å². The first-order chi connectivity index (χ1) is 26.5. The van der Waals surface area contributed by atoms with Gasteiger partial charge in [-0.2, -0.15) is 0 Å². The van der Waals surface area contributed by atoms with E-state index in [-0.39, 0.29) is 37.7 Å². The van der Waals surface area contributed by atoms with Crippen LogP contribution in [-0.4, -0.2) is 67.7 Å². The summed E-state index contributed by atoms with van der Waals surface area (Å²) in [4.78, 5) is 27.1. The zero-order valence-electron chi connectivity index (χ0n) is 35.6. The van der Waals surface area contributed by atoms with Crippen molar-refractivity contribution in [2.45, 2.75) is 195 Å². The molecule has 314 valence electrons. The van der Waals surface area contributed by atoms with Gasteiger partial charge in [0.15, 0.2) is 6.29 Å². The Bertz CT molecular complexity index is 941. The lowest BCUT2D eigenvalue weighted by Gasteiger charge is -2.21. The number of aliphatic hydroxyl groups excluding tert-OH is 1. The Balaban J connectivity index is 4.31. The van der Waals surface area contributed by atoms with E-state index in [1.54, 1.807) is 0 Å². The molecule has 2 atom stereocenters. The van der Waals surface area contributed by atoms with Gasteiger partial charge >= 0.3 is 11.9 Å². The topological polar surface area (TPSA) is 85.3 Å². The van der Waals surface area contributed by atoms with Crippen LogP contribution in [0.25, 0.3) is 0 Å². The van der Waals surface area contributed by atoms with E-state index in [1.165, 1.54) is 77.0 Å². The zero-order chi connectivity index (χ0) is 39.6. The minimum atomic E-state index is -0.882. The normalized spacial score (nSPS) is 13.3. The Morgan fingerprint density at radius 1 is 0.519 bits per heavy atom. The lowest BCUT2D eigenvalue weighted by atomic mass is 10.1. The standard InChI is InChI=1S/C47H85NO6/c1-5-9-11-13-15-17-19-21-23-25-27-29-31-33-35-37-45(49)52-41-44(43-54-47(51)39-40-48(7-3)8-4)42-53-46(50)38-36-34-32-30-28-26-24-22-20-18-16-14-12-10-6-2/h15-18,21-24,44-45,49H,5-14,19-20,25-43H2,1-4H3/b17-15-,18-16-,23-21-,24-22-. The summed E-state index contributed by atoms with van der Waals surface area (Å²) in [5.41, 5.74) is 0. The molecule has 7 nitrogen and oxygen atoms in total. The number of ether oxygens (including phenoxy) is 3. The van der Waals surface area contributed by atoms with E-state index in [2.05, 4.69) is 81.2 Å². The molecule has 0 amide bonds. The summed E-state index contributed by atoms with van der Waals surface area (Å²) in [5.74, 6) is -0.825. The first-order valence-corrected chi connectivity index (χ1v) is 22.4. The van der Waals surface area contributed by atoms with Gasteiger partial charge in [-0.15, -0.1) is 0 Å². The Morgan fingerprint density at radius 3 is 1.43 bits per heavy atom. The van der Waals surface area contributed by atoms with Gasteiger partial charge in [0.25, 0.3) is 0 Å². The Kier molecular flexibility index (Phi) is 40.2. The number of unbranched alkanes of at least 4 members (excludes halogenated alkanes) is 16. The number of allylic oxidation sites excluding steroid dienone is 8. The number of esters is 2. The second-order valence-corrected chi connectivity index (χ2v) is 14.8. The summed E-state index contributed by atoms with van der Waals surface area (Å²) in [5, 5.41) is 10.5. The molecule has 0 aliphatic rings. The Morgan fingerprint density at radius 2 is 0.944 bits per heavy atom. The molecule has 0 radical (unpaired) electrons. The molecule has 0 aromatic rings. The molecule has 0 bridgehead atoms. The lowest BCUT2D eigenvalue weighted by molar-refractivity contribution is -0.156. The van der Waals surface area contributed by atoms with Crippen molar-refractivity contribution in [1.29, 1.82) is 0 Å². The maximum Gasteiger partial charge on any atom is 0.307 e. The van der Waals surface area contributed by atoms with E-state index in [9.17, 15) is 14.7 Å². The maximum absolute atomic E-state index is 12.5. The molecule has 0 saturated carbocycles. The molecule has 0 aliphatic carbocycles. The summed E-state index contributed by atoms with van der Waals surface area (Å²) in [7, 11) is 0. The van der Waals surface area contributed by atoms with Gasteiger partial charge in [-0.1, -0.05) is 141 Å². The molecule has 0 aliphatic heterocycles. The molecular formula is C47H85NO6. The average Bonchev–Trinajstić information content (AvgIpc) is 3.17. The number of carbonyl (C=O) groups is 2. The Labute approximate surface area is 333 Å². The molecule has 0 aromatic carbocycles. The molecule has 0 spiro atoms. The van der Waals surface area contributed by atoms with Crippen LogP contribution in [0.15, 0.2) is 48.6 Å². The van der Waals surface area contributed by atoms with Crippen LogP contribution in [0.1, 0.15) is 188 Å². The minimum absolute atomic E-state index is 0.102. The lowest BCUT2D eigenvalue weighted by Crippen LogP contribution is -2.29. The van der Waals surface area contributed by atoms with Crippen LogP contribution in [0.3, 0.4) is 0 Å². The van der Waals surface area contributed by atoms with Crippen molar-refractivity contribution < 1.29 is 28.9 Å². The van der Waals surface area contributed by atoms with Crippen molar-refractivity contribution in [2.75, 3.05) is 39.5 Å². The molecule has 0 aromatic heterocycles. The van der Waals surface area contributed by atoms with Crippen LogP contribution in [0.5, 0.6) is 0 Å². The molecule has 0 heterocycles. The van der Waals surface area contributed by atoms with Crippen molar-refractivity contribution in [3.63, 3.8) is 0 Å². The second kappa shape index (κ2) is 41.9. The molecule has 0 fully saturated rings. The highest BCUT2D eigenvalue weighted by Gasteiger charge is 2.18. The fourth-order valence-electron chi connectivity index (χ4n) is 6.04. The number of carbonyl (C=O) groups excluding carboxylic acids is 2. The van der Waals surface area contributed by atoms with Gasteiger partial charge in [0, 0.05) is 13.0 Å². The molecule has 0 rings (SSSR count). The zero-order valence-corrected chi connectivity index (χ0v) is 35.6. The average molecular weight is 760 g/mol. The quantitative estimate of drug-likeness (QED) is 0.0288. The van der Waals surface area contributed by atoms with Gasteiger partial charge < -0.3 is 24.2 Å². The summed E-state index contributed by atoms with van der Waals surface area (Å²) in [6.45, 7) is 11.4. The predicted octanol–water partition coefficient (Wildman–Crippen LogP) is 12.4. The Hall–Kier alpha value is -2.22. The van der Waals surface area contributed by atoms with Crippen LogP contribution in [0, 0.1) is 5.92 Å². The minimum Gasteiger partial charge on any atom is -0.465 e. The monoisotopic (exact) mass is 760 g/mol. The molecule has 2 unspecified atom stereocenters. The highest BCUT2D eigenvalue weighted by atomic mass is 16.6. The second-order valence-electron chi connectivity index (χ2n) is 14.8. The van der Waals surface area contributed by atoms with Crippen molar-refractivity contribution >= 4 is 11.9 Å². The highest BCUT2D eigenvalue weighted by Crippen LogP contribution is 2.13. The van der Waals surface area contributed by atoms with Crippen LogP contribution in [-0.2, 0) is 23.8 Å². The first kappa shape index (κ1) is 51.8. The number of hydrogen-bond donors (Lipinski definition) is 1. The smallest absolute Gasteiger partial charge is 0.307 e. The molecule has 1 N–H and O–H groups in total. The summed E-state index contributed by atoms with van der Waals surface area (Å²) in [6, 6.07) is 0. The van der Waals surface area contributed by atoms with E-state index >= 15 is 0 Å². The molecule has 7 heteroatoms. The number of aliphatic hydroxyl groups is 1. The molecule has 54 heavy (non-hydrogen) atoms. The van der Waals surface area contributed by atoms with Crippen LogP contribution >= 0.6 is 0 Å². The fraction of sp³-hybridized carbons (Fsp3) is 0.787. The van der Waals surface area contributed by atoms with Crippen molar-refractivity contribution in [1.82, 2.24) is 4.90 Å². The van der Waals surface area contributed by atoms with Crippen LogP contribution < -0.4 is 0 Å². The molecule has 0 saturated heterocycles. The first-order valence-electron chi connectivity index (χ1n) is 22.4. The van der Waals surface area contributed by atoms with Crippen molar-refractivity contribution in [3.05, 3.63) is 48.6 Å². The van der Waals surface area contributed by atoms with Gasteiger partial charge in [0.1, 0.15) is 0 Å². The number of hydrogen-bond acceptors (Lipinski definition) is 7. The third-order valence-electron chi connectivity index (χ3n) is 9.74. The third kappa shape index (κ3) is 38.1. The van der Waals surface area contributed by atoms with Gasteiger partial charge in [-0.05, 0) is 96.6 Å². The SMILES string of the molecule is CCCCC/C=C\C/C=C\CCCCCCCC(=O)OCC(COC(=O)CCN(CC)CC)COC(O)CCCCCCC/C=C\C/C=C\CCCCC. The maximum atomic E-state index is 12.5. The van der Waals surface area contributed by atoms with Crippen molar-refractivity contribution in [2.24, 2.45) is 5.92 Å². The number of nitrogens with zero attached hydrogens (tertiary/aromatic N) is 1. The van der Waals surface area contributed by atoms with Gasteiger partial charge in [0.05, 0.1) is 32.2 Å². The van der Waals surface area contributed by atoms with E-state index in [0.29, 0.717) is 25.8 Å². The summed E-state index contributed by atoms with van der Waals surface area (Å²) >= 11 is 0. The van der Waals surface area contributed by atoms with Crippen molar-refractivity contribution in [3.8, 4) is 0 Å². The predicted molar refractivity (Wildman–Crippen MR) is 228 cm³/mol. The largest absolute Gasteiger partial charge is 0.465 e. The molecular weight excluding hydrogens is 675 g/mol. The van der Waals surface area contributed by atoms with Crippen LogP contribution in [0.2, 0.25) is 0 Å². The van der Waals surface area contributed by atoms with Gasteiger partial charge in [-0.3, -0.25) is 9.59 Å².